The lowest BCUT2D eigenvalue weighted by molar-refractivity contribution is 0.0954. The van der Waals surface area contributed by atoms with Gasteiger partial charge in [-0.1, -0.05) is 42.5 Å². The molecule has 0 atom stereocenters. The molecular weight excluding hydrogens is 416 g/mol. The molecule has 0 fully saturated rings. The highest BCUT2D eigenvalue weighted by molar-refractivity contribution is 6.04. The highest BCUT2D eigenvalue weighted by Gasteiger charge is 2.15. The van der Waals surface area contributed by atoms with E-state index in [1.165, 1.54) is 0 Å². The largest absolute Gasteiger partial charge is 0.492 e. The Balaban J connectivity index is 1.69. The van der Waals surface area contributed by atoms with Crippen LogP contribution in [0.1, 0.15) is 22.8 Å². The van der Waals surface area contributed by atoms with Crippen molar-refractivity contribution in [2.45, 2.75) is 13.3 Å². The van der Waals surface area contributed by atoms with E-state index in [0.717, 1.165) is 17.7 Å². The molecule has 0 saturated heterocycles. The third-order valence-corrected chi connectivity index (χ3v) is 4.96. The van der Waals surface area contributed by atoms with E-state index < -0.39 is 6.03 Å². The summed E-state index contributed by atoms with van der Waals surface area (Å²) in [5.41, 5.74) is 3.49. The molecule has 3 rings (SSSR count). The van der Waals surface area contributed by atoms with Gasteiger partial charge in [-0.25, -0.2) is 4.79 Å². The number of anilines is 3. The monoisotopic (exact) mass is 446 g/mol. The first-order chi connectivity index (χ1) is 16.0. The van der Waals surface area contributed by atoms with Gasteiger partial charge in [-0.05, 0) is 49.2 Å². The molecule has 33 heavy (non-hydrogen) atoms. The number of amides is 3. The Kier molecular flexibility index (Phi) is 8.30. The number of hydrogen-bond acceptors (Lipinski definition) is 4. The maximum absolute atomic E-state index is 12.9. The average molecular weight is 447 g/mol. The van der Waals surface area contributed by atoms with Gasteiger partial charge >= 0.3 is 6.03 Å². The van der Waals surface area contributed by atoms with Gasteiger partial charge in [-0.2, -0.15) is 0 Å². The first kappa shape index (κ1) is 23.7. The van der Waals surface area contributed by atoms with E-state index in [9.17, 15) is 9.59 Å². The molecular formula is C26H30N4O3. The zero-order chi connectivity index (χ0) is 23.6. The van der Waals surface area contributed by atoms with Gasteiger partial charge < -0.3 is 25.6 Å². The first-order valence-electron chi connectivity index (χ1n) is 10.9. The molecule has 7 nitrogen and oxygen atoms in total. The standard InChI is InChI=1S/C26H30N4O3/c1-4-33-24-13-9-8-12-22(24)29-26(32)28-20-14-15-23(30(2)3)21(18-20)25(31)27-17-16-19-10-6-5-7-11-19/h5-15,18H,4,16-17H2,1-3H3,(H,27,31)(H2,28,29,32). The van der Waals surface area contributed by atoms with Crippen molar-refractivity contribution < 1.29 is 14.3 Å². The van der Waals surface area contributed by atoms with Crippen LogP contribution in [0.25, 0.3) is 0 Å². The van der Waals surface area contributed by atoms with Gasteiger partial charge in [0.2, 0.25) is 0 Å². The predicted molar refractivity (Wildman–Crippen MR) is 134 cm³/mol. The molecule has 7 heteroatoms. The number of hydrogen-bond donors (Lipinski definition) is 3. The van der Waals surface area contributed by atoms with E-state index in [4.69, 9.17) is 4.74 Å². The number of nitrogens with one attached hydrogen (secondary N) is 3. The SMILES string of the molecule is CCOc1ccccc1NC(=O)Nc1ccc(N(C)C)c(C(=O)NCCc2ccccc2)c1. The van der Waals surface area contributed by atoms with Crippen LogP contribution in [-0.4, -0.2) is 39.2 Å². The molecule has 0 heterocycles. The molecule has 0 spiro atoms. The summed E-state index contributed by atoms with van der Waals surface area (Å²) in [5, 5.41) is 8.57. The summed E-state index contributed by atoms with van der Waals surface area (Å²) < 4.78 is 5.55. The Morgan fingerprint density at radius 3 is 2.36 bits per heavy atom. The number of carbonyl (C=O) groups is 2. The van der Waals surface area contributed by atoms with Crippen LogP contribution in [0.2, 0.25) is 0 Å². The lowest BCUT2D eigenvalue weighted by Gasteiger charge is -2.19. The molecule has 3 amide bonds. The second kappa shape index (κ2) is 11.6. The Hall–Kier alpha value is -4.00. The molecule has 172 valence electrons. The van der Waals surface area contributed by atoms with Crippen LogP contribution in [0.3, 0.4) is 0 Å². The van der Waals surface area contributed by atoms with Gasteiger partial charge in [0.1, 0.15) is 5.75 Å². The van der Waals surface area contributed by atoms with Crippen LogP contribution < -0.4 is 25.6 Å². The van der Waals surface area contributed by atoms with Crippen molar-refractivity contribution in [1.82, 2.24) is 5.32 Å². The zero-order valence-electron chi connectivity index (χ0n) is 19.2. The zero-order valence-corrected chi connectivity index (χ0v) is 19.2. The minimum Gasteiger partial charge on any atom is -0.492 e. The summed E-state index contributed by atoms with van der Waals surface area (Å²) in [6.45, 7) is 2.90. The molecule has 3 N–H and O–H groups in total. The van der Waals surface area contributed by atoms with Crippen LogP contribution in [0.15, 0.2) is 72.8 Å². The third-order valence-electron chi connectivity index (χ3n) is 4.96. The maximum atomic E-state index is 12.9. The Labute approximate surface area is 194 Å². The number of ether oxygens (including phenoxy) is 1. The van der Waals surface area contributed by atoms with E-state index in [1.807, 2.05) is 74.4 Å². The number of urea groups is 1. The fourth-order valence-corrected chi connectivity index (χ4v) is 3.38. The molecule has 3 aromatic rings. The lowest BCUT2D eigenvalue weighted by Crippen LogP contribution is -2.28. The molecule has 3 aromatic carbocycles. The van der Waals surface area contributed by atoms with Gasteiger partial charge in [-0.3, -0.25) is 4.79 Å². The van der Waals surface area contributed by atoms with Crippen molar-refractivity contribution >= 4 is 29.0 Å². The number of para-hydroxylation sites is 2. The molecule has 0 aliphatic heterocycles. The minimum atomic E-state index is -0.421. The van der Waals surface area contributed by atoms with E-state index in [-0.39, 0.29) is 5.91 Å². The van der Waals surface area contributed by atoms with Gasteiger partial charge in [0.25, 0.3) is 5.91 Å². The van der Waals surface area contributed by atoms with Crippen LogP contribution in [0.5, 0.6) is 5.75 Å². The summed E-state index contributed by atoms with van der Waals surface area (Å²) in [5.74, 6) is 0.400. The molecule has 0 radical (unpaired) electrons. The van der Waals surface area contributed by atoms with E-state index in [0.29, 0.717) is 35.8 Å². The molecule has 0 aliphatic rings. The third kappa shape index (κ3) is 6.74. The molecule has 0 bridgehead atoms. The van der Waals surface area contributed by atoms with Gasteiger partial charge in [0.05, 0.1) is 17.9 Å². The van der Waals surface area contributed by atoms with Gasteiger partial charge in [-0.15, -0.1) is 0 Å². The summed E-state index contributed by atoms with van der Waals surface area (Å²) in [7, 11) is 3.75. The van der Waals surface area contributed by atoms with Gasteiger partial charge in [0.15, 0.2) is 0 Å². The number of nitrogens with zero attached hydrogens (tertiary/aromatic N) is 1. The fraction of sp³-hybridized carbons (Fsp3) is 0.231. The minimum absolute atomic E-state index is 0.194. The van der Waals surface area contributed by atoms with Crippen molar-refractivity contribution in [2.24, 2.45) is 0 Å². The normalized spacial score (nSPS) is 10.3. The van der Waals surface area contributed by atoms with Crippen molar-refractivity contribution in [3.05, 3.63) is 83.9 Å². The van der Waals surface area contributed by atoms with Crippen molar-refractivity contribution in [1.29, 1.82) is 0 Å². The second-order valence-corrected chi connectivity index (χ2v) is 7.63. The van der Waals surface area contributed by atoms with Gasteiger partial charge in [0, 0.05) is 32.0 Å². The number of benzene rings is 3. The van der Waals surface area contributed by atoms with Crippen LogP contribution in [0, 0.1) is 0 Å². The van der Waals surface area contributed by atoms with Crippen molar-refractivity contribution in [3.8, 4) is 5.75 Å². The Morgan fingerprint density at radius 2 is 1.64 bits per heavy atom. The van der Waals surface area contributed by atoms with Crippen molar-refractivity contribution in [3.63, 3.8) is 0 Å². The van der Waals surface area contributed by atoms with E-state index in [1.54, 1.807) is 24.3 Å². The summed E-state index contributed by atoms with van der Waals surface area (Å²) in [4.78, 5) is 27.4. The number of carbonyl (C=O) groups excluding carboxylic acids is 2. The topological polar surface area (TPSA) is 82.7 Å². The smallest absolute Gasteiger partial charge is 0.323 e. The lowest BCUT2D eigenvalue weighted by atomic mass is 10.1. The van der Waals surface area contributed by atoms with Crippen molar-refractivity contribution in [2.75, 3.05) is 42.8 Å². The quantitative estimate of drug-likeness (QED) is 0.442. The Bertz CT molecular complexity index is 1080. The highest BCUT2D eigenvalue weighted by atomic mass is 16.5. The molecule has 0 saturated carbocycles. The molecule has 0 aliphatic carbocycles. The summed E-state index contributed by atoms with van der Waals surface area (Å²) in [6.07, 6.45) is 0.740. The predicted octanol–water partition coefficient (Wildman–Crippen LogP) is 4.77. The summed E-state index contributed by atoms with van der Waals surface area (Å²) in [6, 6.07) is 22.1. The first-order valence-corrected chi connectivity index (χ1v) is 10.9. The van der Waals surface area contributed by atoms with E-state index in [2.05, 4.69) is 16.0 Å². The molecule has 0 aromatic heterocycles. The Morgan fingerprint density at radius 1 is 0.909 bits per heavy atom. The second-order valence-electron chi connectivity index (χ2n) is 7.63. The molecule has 0 unspecified atom stereocenters. The maximum Gasteiger partial charge on any atom is 0.323 e. The van der Waals surface area contributed by atoms with Crippen LogP contribution in [0.4, 0.5) is 21.9 Å². The fourth-order valence-electron chi connectivity index (χ4n) is 3.38. The highest BCUT2D eigenvalue weighted by Crippen LogP contribution is 2.25. The summed E-state index contributed by atoms with van der Waals surface area (Å²) >= 11 is 0. The van der Waals surface area contributed by atoms with Crippen LogP contribution in [-0.2, 0) is 6.42 Å². The van der Waals surface area contributed by atoms with Crippen LogP contribution >= 0.6 is 0 Å². The van der Waals surface area contributed by atoms with E-state index >= 15 is 0 Å². The number of rotatable bonds is 9. The average Bonchev–Trinajstić information content (AvgIpc) is 2.81.